The Morgan fingerprint density at radius 1 is 1.21 bits per heavy atom. The third-order valence-electron chi connectivity index (χ3n) is 3.64. The Balaban J connectivity index is 1.98. The summed E-state index contributed by atoms with van der Waals surface area (Å²) in [6.45, 7) is 7.98. The van der Waals surface area contributed by atoms with Crippen molar-refractivity contribution < 1.29 is 0 Å². The molecule has 1 aliphatic rings. The third-order valence-corrected chi connectivity index (χ3v) is 3.88. The third kappa shape index (κ3) is 3.40. The average Bonchev–Trinajstić information content (AvgIpc) is 2.40. The van der Waals surface area contributed by atoms with Crippen LogP contribution < -0.4 is 4.90 Å². The highest BCUT2D eigenvalue weighted by molar-refractivity contribution is 6.30. The van der Waals surface area contributed by atoms with E-state index in [1.54, 1.807) is 0 Å². The molecule has 4 heteroatoms. The van der Waals surface area contributed by atoms with Crippen molar-refractivity contribution >= 4 is 17.3 Å². The molecule has 1 unspecified atom stereocenters. The molecule has 0 aromatic heterocycles. The maximum absolute atomic E-state index is 9.25. The van der Waals surface area contributed by atoms with E-state index in [0.717, 1.165) is 31.2 Å². The van der Waals surface area contributed by atoms with Gasteiger partial charge in [0.15, 0.2) is 0 Å². The summed E-state index contributed by atoms with van der Waals surface area (Å²) in [4.78, 5) is 4.61. The number of halogens is 1. The first-order valence-corrected chi connectivity index (χ1v) is 7.14. The monoisotopic (exact) mass is 277 g/mol. The molecule has 0 saturated carbocycles. The van der Waals surface area contributed by atoms with Gasteiger partial charge in [0.05, 0.1) is 6.07 Å². The summed E-state index contributed by atoms with van der Waals surface area (Å²) >= 11 is 6.03. The molecule has 0 aliphatic carbocycles. The fraction of sp³-hybridized carbons (Fsp3) is 0.533. The van der Waals surface area contributed by atoms with Crippen molar-refractivity contribution in [2.45, 2.75) is 19.9 Å². The molecule has 1 aliphatic heterocycles. The second-order valence-electron chi connectivity index (χ2n) is 5.32. The molecule has 1 heterocycles. The van der Waals surface area contributed by atoms with Crippen LogP contribution in [0.25, 0.3) is 0 Å². The predicted octanol–water partition coefficient (Wildman–Crippen LogP) is 3.01. The lowest BCUT2D eigenvalue weighted by Crippen LogP contribution is -2.51. The van der Waals surface area contributed by atoms with Crippen LogP contribution in [0.4, 0.5) is 5.69 Å². The second-order valence-corrected chi connectivity index (χ2v) is 5.76. The number of nitriles is 1. The SMILES string of the molecule is CC(C)C(C#N)N1CCN(c2cccc(Cl)c2)CC1. The van der Waals surface area contributed by atoms with E-state index in [9.17, 15) is 5.26 Å². The van der Waals surface area contributed by atoms with E-state index in [2.05, 4.69) is 35.8 Å². The fourth-order valence-electron chi connectivity index (χ4n) is 2.58. The van der Waals surface area contributed by atoms with Crippen molar-refractivity contribution in [2.75, 3.05) is 31.1 Å². The summed E-state index contributed by atoms with van der Waals surface area (Å²) in [6, 6.07) is 10.4. The fourth-order valence-corrected chi connectivity index (χ4v) is 2.77. The van der Waals surface area contributed by atoms with E-state index < -0.39 is 0 Å². The first-order valence-electron chi connectivity index (χ1n) is 6.76. The van der Waals surface area contributed by atoms with Crippen molar-refractivity contribution in [3.8, 4) is 6.07 Å². The Bertz CT molecular complexity index is 459. The largest absolute Gasteiger partial charge is 0.369 e. The average molecular weight is 278 g/mol. The first kappa shape index (κ1) is 14.2. The summed E-state index contributed by atoms with van der Waals surface area (Å²) in [6.07, 6.45) is 0. The summed E-state index contributed by atoms with van der Waals surface area (Å²) in [5.74, 6) is 0.378. The van der Waals surface area contributed by atoms with Gasteiger partial charge < -0.3 is 4.90 Å². The molecule has 1 atom stereocenters. The summed E-state index contributed by atoms with van der Waals surface area (Å²) in [5.41, 5.74) is 1.17. The zero-order valence-corrected chi connectivity index (χ0v) is 12.3. The number of anilines is 1. The van der Waals surface area contributed by atoms with E-state index in [4.69, 9.17) is 11.6 Å². The van der Waals surface area contributed by atoms with E-state index in [1.807, 2.05) is 18.2 Å². The number of benzene rings is 1. The number of hydrogen-bond acceptors (Lipinski definition) is 3. The van der Waals surface area contributed by atoms with Gasteiger partial charge in [0.2, 0.25) is 0 Å². The minimum absolute atomic E-state index is 0.0292. The van der Waals surface area contributed by atoms with Gasteiger partial charge in [0.25, 0.3) is 0 Å². The van der Waals surface area contributed by atoms with Crippen LogP contribution in [-0.4, -0.2) is 37.1 Å². The molecule has 3 nitrogen and oxygen atoms in total. The molecule has 0 N–H and O–H groups in total. The van der Waals surface area contributed by atoms with Crippen LogP contribution in [-0.2, 0) is 0 Å². The molecule has 1 saturated heterocycles. The highest BCUT2D eigenvalue weighted by Gasteiger charge is 2.25. The Morgan fingerprint density at radius 3 is 2.42 bits per heavy atom. The van der Waals surface area contributed by atoms with Gasteiger partial charge in [-0.3, -0.25) is 4.90 Å². The minimum Gasteiger partial charge on any atom is -0.369 e. The Morgan fingerprint density at radius 2 is 1.89 bits per heavy atom. The molecular formula is C15H20ClN3. The molecule has 102 valence electrons. The van der Waals surface area contributed by atoms with E-state index in [-0.39, 0.29) is 6.04 Å². The lowest BCUT2D eigenvalue weighted by atomic mass is 10.0. The topological polar surface area (TPSA) is 30.3 Å². The van der Waals surface area contributed by atoms with Gasteiger partial charge in [-0.25, -0.2) is 0 Å². The van der Waals surface area contributed by atoms with Crippen molar-refractivity contribution in [1.82, 2.24) is 4.90 Å². The van der Waals surface area contributed by atoms with Crippen molar-refractivity contribution in [3.63, 3.8) is 0 Å². The Hall–Kier alpha value is -1.24. The quantitative estimate of drug-likeness (QED) is 0.851. The molecule has 0 bridgehead atoms. The molecular weight excluding hydrogens is 258 g/mol. The minimum atomic E-state index is 0.0292. The zero-order chi connectivity index (χ0) is 13.8. The Labute approximate surface area is 120 Å². The van der Waals surface area contributed by atoms with Crippen LogP contribution in [0, 0.1) is 17.2 Å². The van der Waals surface area contributed by atoms with Crippen molar-refractivity contribution in [1.29, 1.82) is 5.26 Å². The van der Waals surface area contributed by atoms with Crippen LogP contribution in [0.15, 0.2) is 24.3 Å². The molecule has 1 aromatic rings. The predicted molar refractivity (Wildman–Crippen MR) is 79.5 cm³/mol. The zero-order valence-electron chi connectivity index (χ0n) is 11.5. The molecule has 1 aromatic carbocycles. The first-order chi connectivity index (χ1) is 9.11. The van der Waals surface area contributed by atoms with Crippen LogP contribution in [0.2, 0.25) is 5.02 Å². The lowest BCUT2D eigenvalue weighted by molar-refractivity contribution is 0.184. The standard InChI is InChI=1S/C15H20ClN3/c1-12(2)15(11-17)19-8-6-18(7-9-19)14-5-3-4-13(16)10-14/h3-5,10,12,15H,6-9H2,1-2H3. The highest BCUT2D eigenvalue weighted by Crippen LogP contribution is 2.22. The summed E-state index contributed by atoms with van der Waals surface area (Å²) in [7, 11) is 0. The van der Waals surface area contributed by atoms with Crippen LogP contribution in [0.1, 0.15) is 13.8 Å². The number of hydrogen-bond donors (Lipinski definition) is 0. The van der Waals surface area contributed by atoms with E-state index >= 15 is 0 Å². The lowest BCUT2D eigenvalue weighted by Gasteiger charge is -2.39. The molecule has 2 rings (SSSR count). The maximum Gasteiger partial charge on any atom is 0.100 e. The molecule has 0 radical (unpaired) electrons. The summed E-state index contributed by atoms with van der Waals surface area (Å²) in [5, 5.41) is 10.0. The van der Waals surface area contributed by atoms with Gasteiger partial charge >= 0.3 is 0 Å². The highest BCUT2D eigenvalue weighted by atomic mass is 35.5. The number of piperazine rings is 1. The molecule has 19 heavy (non-hydrogen) atoms. The second kappa shape index (κ2) is 6.27. The van der Waals surface area contributed by atoms with Crippen LogP contribution >= 0.6 is 11.6 Å². The van der Waals surface area contributed by atoms with E-state index in [1.165, 1.54) is 5.69 Å². The van der Waals surface area contributed by atoms with E-state index in [0.29, 0.717) is 5.92 Å². The van der Waals surface area contributed by atoms with Crippen molar-refractivity contribution in [2.24, 2.45) is 5.92 Å². The van der Waals surface area contributed by atoms with Crippen LogP contribution in [0.5, 0.6) is 0 Å². The molecule has 0 amide bonds. The summed E-state index contributed by atoms with van der Waals surface area (Å²) < 4.78 is 0. The molecule has 1 fully saturated rings. The number of nitrogens with zero attached hydrogens (tertiary/aromatic N) is 3. The number of rotatable bonds is 3. The van der Waals surface area contributed by atoms with Gasteiger partial charge in [-0.1, -0.05) is 31.5 Å². The maximum atomic E-state index is 9.25. The Kier molecular flexibility index (Phi) is 4.68. The van der Waals surface area contributed by atoms with Crippen LogP contribution in [0.3, 0.4) is 0 Å². The van der Waals surface area contributed by atoms with Gasteiger partial charge in [-0.15, -0.1) is 0 Å². The molecule has 0 spiro atoms. The van der Waals surface area contributed by atoms with Gasteiger partial charge in [-0.05, 0) is 24.1 Å². The smallest absolute Gasteiger partial charge is 0.100 e. The van der Waals surface area contributed by atoms with Gasteiger partial charge in [0, 0.05) is 36.9 Å². The normalized spacial score (nSPS) is 18.4. The van der Waals surface area contributed by atoms with Gasteiger partial charge in [-0.2, -0.15) is 5.26 Å². The van der Waals surface area contributed by atoms with Crippen molar-refractivity contribution in [3.05, 3.63) is 29.3 Å². The van der Waals surface area contributed by atoms with Gasteiger partial charge in [0.1, 0.15) is 6.04 Å².